The molecular formula is C31H27FN8O3S. The summed E-state index contributed by atoms with van der Waals surface area (Å²) >= 11 is 0. The third kappa shape index (κ3) is 5.54. The van der Waals surface area contributed by atoms with Crippen molar-refractivity contribution in [3.63, 3.8) is 0 Å². The Kier molecular flexibility index (Phi) is 6.90. The summed E-state index contributed by atoms with van der Waals surface area (Å²) in [7, 11) is -3.44. The number of carbonyl (C=O) groups is 1. The second kappa shape index (κ2) is 10.9. The molecule has 0 bridgehead atoms. The van der Waals surface area contributed by atoms with E-state index in [0.29, 0.717) is 39.5 Å². The maximum Gasteiger partial charge on any atom is 0.227 e. The van der Waals surface area contributed by atoms with Crippen molar-refractivity contribution < 1.29 is 17.6 Å². The van der Waals surface area contributed by atoms with E-state index in [2.05, 4.69) is 40.2 Å². The third-order valence-corrected chi connectivity index (χ3v) is 8.50. The highest BCUT2D eigenvalue weighted by Crippen LogP contribution is 2.35. The zero-order valence-electron chi connectivity index (χ0n) is 23.6. The minimum Gasteiger partial charge on any atom is -0.352 e. The van der Waals surface area contributed by atoms with Gasteiger partial charge in [0.05, 0.1) is 53.0 Å². The average Bonchev–Trinajstić information content (AvgIpc) is 3.58. The molecule has 222 valence electrons. The van der Waals surface area contributed by atoms with Gasteiger partial charge in [0.2, 0.25) is 15.9 Å². The highest BCUT2D eigenvalue weighted by molar-refractivity contribution is 7.88. The van der Waals surface area contributed by atoms with Crippen molar-refractivity contribution in [3.05, 3.63) is 78.8 Å². The van der Waals surface area contributed by atoms with Crippen LogP contribution in [-0.4, -0.2) is 50.7 Å². The van der Waals surface area contributed by atoms with Gasteiger partial charge < -0.3 is 10.3 Å². The fourth-order valence-electron chi connectivity index (χ4n) is 5.37. The predicted octanol–water partition coefficient (Wildman–Crippen LogP) is 5.16. The number of fused-ring (bicyclic) bond motifs is 2. The highest BCUT2D eigenvalue weighted by atomic mass is 32.2. The molecule has 0 aliphatic heterocycles. The molecule has 1 aliphatic rings. The lowest BCUT2D eigenvalue weighted by Gasteiger charge is -2.24. The summed E-state index contributed by atoms with van der Waals surface area (Å²) in [4.78, 5) is 29.1. The number of nitrogens with one attached hydrogen (secondary N) is 4. The van der Waals surface area contributed by atoms with Crippen LogP contribution in [0, 0.1) is 11.7 Å². The van der Waals surface area contributed by atoms with E-state index in [9.17, 15) is 17.6 Å². The zero-order chi connectivity index (χ0) is 30.4. The summed E-state index contributed by atoms with van der Waals surface area (Å²) < 4.78 is 40.1. The number of halogens is 1. The van der Waals surface area contributed by atoms with Gasteiger partial charge in [0.25, 0.3) is 0 Å². The average molecular weight is 611 g/mol. The highest BCUT2D eigenvalue weighted by Gasteiger charge is 2.25. The molecule has 7 rings (SSSR count). The van der Waals surface area contributed by atoms with Gasteiger partial charge in [0.15, 0.2) is 0 Å². The number of rotatable bonds is 8. The van der Waals surface area contributed by atoms with Crippen LogP contribution in [0.3, 0.4) is 0 Å². The molecule has 13 heteroatoms. The summed E-state index contributed by atoms with van der Waals surface area (Å²) in [5, 5.41) is 12.2. The molecule has 0 saturated heterocycles. The van der Waals surface area contributed by atoms with Gasteiger partial charge in [-0.2, -0.15) is 5.10 Å². The number of nitrogens with zero attached hydrogens (tertiary/aromatic N) is 4. The molecule has 1 saturated carbocycles. The van der Waals surface area contributed by atoms with Crippen LogP contribution in [0.5, 0.6) is 0 Å². The van der Waals surface area contributed by atoms with E-state index < -0.39 is 15.8 Å². The van der Waals surface area contributed by atoms with Crippen molar-refractivity contribution in [2.45, 2.75) is 25.8 Å². The lowest BCUT2D eigenvalue weighted by Crippen LogP contribution is -2.28. The van der Waals surface area contributed by atoms with Gasteiger partial charge in [0.1, 0.15) is 11.5 Å². The van der Waals surface area contributed by atoms with E-state index >= 15 is 0 Å². The molecule has 4 N–H and O–H groups in total. The molecule has 5 aromatic heterocycles. The van der Waals surface area contributed by atoms with Gasteiger partial charge in [-0.3, -0.25) is 24.8 Å². The number of aromatic nitrogens is 6. The number of amides is 1. The number of aromatic amines is 2. The first-order chi connectivity index (χ1) is 21.2. The van der Waals surface area contributed by atoms with Crippen molar-refractivity contribution in [1.29, 1.82) is 0 Å². The van der Waals surface area contributed by atoms with Crippen molar-refractivity contribution >= 4 is 43.4 Å². The molecule has 5 heterocycles. The van der Waals surface area contributed by atoms with Crippen LogP contribution in [0.2, 0.25) is 0 Å². The molecule has 6 aromatic rings. The molecule has 1 amide bonds. The molecule has 0 atom stereocenters. The van der Waals surface area contributed by atoms with Gasteiger partial charge in [0, 0.05) is 46.8 Å². The normalized spacial score (nSPS) is 13.8. The lowest BCUT2D eigenvalue weighted by molar-refractivity contribution is -0.122. The monoisotopic (exact) mass is 610 g/mol. The number of anilines is 1. The fraction of sp³-hybridized carbons (Fsp3) is 0.194. The topological polar surface area (TPSA) is 158 Å². The fourth-order valence-corrected chi connectivity index (χ4v) is 5.80. The Morgan fingerprint density at radius 1 is 0.955 bits per heavy atom. The second-order valence-electron chi connectivity index (χ2n) is 11.0. The maximum absolute atomic E-state index is 14.6. The van der Waals surface area contributed by atoms with Crippen molar-refractivity contribution in [3.8, 4) is 33.8 Å². The van der Waals surface area contributed by atoms with Crippen LogP contribution in [0.15, 0.2) is 67.4 Å². The molecule has 0 unspecified atom stereocenters. The number of sulfonamides is 1. The molecule has 0 spiro atoms. The molecule has 1 aromatic carbocycles. The summed E-state index contributed by atoms with van der Waals surface area (Å²) in [6.45, 7) is -0.0354. The Balaban J connectivity index is 1.23. The molecule has 1 fully saturated rings. The molecule has 44 heavy (non-hydrogen) atoms. The van der Waals surface area contributed by atoms with Crippen LogP contribution in [0.25, 0.3) is 55.6 Å². The number of hydrogen-bond donors (Lipinski definition) is 4. The van der Waals surface area contributed by atoms with E-state index in [-0.39, 0.29) is 18.4 Å². The van der Waals surface area contributed by atoms with Gasteiger partial charge in [-0.1, -0.05) is 6.42 Å². The molecular weight excluding hydrogens is 583 g/mol. The van der Waals surface area contributed by atoms with E-state index in [1.165, 1.54) is 12.1 Å². The number of pyridine rings is 3. The first-order valence-corrected chi connectivity index (χ1v) is 15.9. The largest absolute Gasteiger partial charge is 0.352 e. The van der Waals surface area contributed by atoms with E-state index in [1.807, 2.05) is 18.2 Å². The third-order valence-electron chi connectivity index (χ3n) is 7.83. The SMILES string of the molecule is CS(=O)(=O)NCc1cc(F)cc(-c2cncc3[nH]c(-c4n[nH]c5cnc(-c6cncc(NC(=O)C7CCC7)c6)cc45)cc23)c1. The van der Waals surface area contributed by atoms with Gasteiger partial charge in [-0.05, 0) is 60.4 Å². The number of hydrogen-bond acceptors (Lipinski definition) is 7. The first-order valence-electron chi connectivity index (χ1n) is 14.0. The number of carbonyl (C=O) groups excluding carboxylic acids is 1. The number of H-pyrrole nitrogens is 2. The standard InChI is InChI=1S/C31H27FN8O3S/c1-44(42,43)36-11-17-5-19(7-21(32)6-17)25-14-34-15-28-23(25)9-27(38-28)30-24-10-26(35-16-29(24)39-40-30)20-8-22(13-33-12-20)37-31(41)18-3-2-4-18/h5-10,12-16,18,36,38H,2-4,11H2,1H3,(H,37,41)(H,39,40). The summed E-state index contributed by atoms with van der Waals surface area (Å²) in [6.07, 6.45) is 12.3. The van der Waals surface area contributed by atoms with Crippen molar-refractivity contribution in [1.82, 2.24) is 34.9 Å². The minimum atomic E-state index is -3.44. The smallest absolute Gasteiger partial charge is 0.227 e. The van der Waals surface area contributed by atoms with Crippen molar-refractivity contribution in [2.75, 3.05) is 11.6 Å². The molecule has 11 nitrogen and oxygen atoms in total. The van der Waals surface area contributed by atoms with E-state index in [1.54, 1.807) is 37.1 Å². The summed E-state index contributed by atoms with van der Waals surface area (Å²) in [6, 6.07) is 10.1. The second-order valence-corrected chi connectivity index (χ2v) is 12.9. The van der Waals surface area contributed by atoms with Crippen LogP contribution in [0.1, 0.15) is 24.8 Å². The Morgan fingerprint density at radius 2 is 1.80 bits per heavy atom. The predicted molar refractivity (Wildman–Crippen MR) is 165 cm³/mol. The van der Waals surface area contributed by atoms with Gasteiger partial charge in [-0.25, -0.2) is 17.5 Å². The number of benzene rings is 1. The Morgan fingerprint density at radius 3 is 2.59 bits per heavy atom. The van der Waals surface area contributed by atoms with E-state index in [4.69, 9.17) is 0 Å². The van der Waals surface area contributed by atoms with Crippen LogP contribution >= 0.6 is 0 Å². The molecule has 1 aliphatic carbocycles. The van der Waals surface area contributed by atoms with Crippen LogP contribution in [-0.2, 0) is 21.4 Å². The molecule has 0 radical (unpaired) electrons. The minimum absolute atomic E-state index is 0.0171. The summed E-state index contributed by atoms with van der Waals surface area (Å²) in [5.41, 5.74) is 6.60. The Labute approximate surface area is 251 Å². The quantitative estimate of drug-likeness (QED) is 0.185. The summed E-state index contributed by atoms with van der Waals surface area (Å²) in [5.74, 6) is -0.406. The van der Waals surface area contributed by atoms with Gasteiger partial charge >= 0.3 is 0 Å². The first kappa shape index (κ1) is 27.8. The Bertz CT molecular complexity index is 2170. The van der Waals surface area contributed by atoms with E-state index in [0.717, 1.165) is 52.9 Å². The zero-order valence-corrected chi connectivity index (χ0v) is 24.4. The van der Waals surface area contributed by atoms with Gasteiger partial charge in [-0.15, -0.1) is 0 Å². The van der Waals surface area contributed by atoms with Crippen LogP contribution < -0.4 is 10.0 Å². The van der Waals surface area contributed by atoms with Crippen LogP contribution in [0.4, 0.5) is 10.1 Å². The van der Waals surface area contributed by atoms with Crippen molar-refractivity contribution in [2.24, 2.45) is 5.92 Å². The maximum atomic E-state index is 14.6. The Hall–Kier alpha value is -5.01. The lowest BCUT2D eigenvalue weighted by atomic mass is 9.85.